The number of nitrogens with one attached hydrogen (secondary N) is 5. The minimum Gasteiger partial charge on any atom is -0.507 e. The molecule has 111 heavy (non-hydrogen) atoms. The van der Waals surface area contributed by atoms with E-state index in [1.807, 2.05) is 30.3 Å². The van der Waals surface area contributed by atoms with Gasteiger partial charge in [-0.1, -0.05) is 111 Å². The lowest BCUT2D eigenvalue weighted by molar-refractivity contribution is -0.168. The topological polar surface area (TPSA) is 418 Å². The van der Waals surface area contributed by atoms with Crippen molar-refractivity contribution >= 4 is 140 Å². The standard InChI is InChI=1S/C26H30N4O6.C19H24N4O6.C15H19N3O4.C10H12O2.C8H6Cl2O2/c1-3-23(32)29-14-19(27-2)25(34)30(21-12-8-7-11-20(21)29)15-22(31)28-18-13-24(33)36-26(18)35-16-17-9-5-4-6-10-17;1-3-17(26)22-9-13(20-2)19(29)23(15-7-5-4-6-14(15)22)10-16(25)21-12(11-24)8-18(27)28;1-3-13(19)17-8-10(16-2)15(22)18(9-14(20)21)12-7-5-4-6-11(12)17;1-6-4-9(8(3)11)5-7(2)10(6)12;1-4(11)5-2-6(9)8(12)7(10)3-5/h4-12,18-19,26-27H,3,13-16H2,1-2H3,(H,28,31);4-7,11-13,20H,3,8-10H2,1-2H3,(H,21,25)(H,27,28);4-7,10,16H,3,8-9H2,1-2H3,(H,20,21);4-5,12H,1-3H3;2-3,12H,1H3/t18-,19-,26?;12-,13-;10-;;/m000../s1. The van der Waals surface area contributed by atoms with E-state index in [4.69, 9.17) is 48.0 Å². The molecule has 8 amide bonds. The second kappa shape index (κ2) is 41.9. The molecule has 4 aliphatic rings. The fraction of sp³-hybridized carbons (Fsp3) is 0.359. The number of phenols is 2. The number of anilines is 6. The van der Waals surface area contributed by atoms with Crippen LogP contribution in [0.2, 0.25) is 10.0 Å². The number of aromatic hydroxyl groups is 2. The number of nitrogens with zero attached hydrogens (tertiary/aromatic N) is 6. The lowest BCUT2D eigenvalue weighted by Gasteiger charge is -2.26. The van der Waals surface area contributed by atoms with Crippen LogP contribution in [0.15, 0.2) is 127 Å². The van der Waals surface area contributed by atoms with E-state index in [0.29, 0.717) is 58.0 Å². The monoisotopic (exact) mass is 1570 g/mol. The van der Waals surface area contributed by atoms with E-state index in [-0.39, 0.29) is 115 Å². The molecule has 1 saturated heterocycles. The van der Waals surface area contributed by atoms with Gasteiger partial charge in [0.15, 0.2) is 17.3 Å². The fourth-order valence-electron chi connectivity index (χ4n) is 11.9. The van der Waals surface area contributed by atoms with E-state index in [0.717, 1.165) is 16.7 Å². The molecule has 4 heterocycles. The Kier molecular flexibility index (Phi) is 33.4. The number of ketones is 2. The van der Waals surface area contributed by atoms with E-state index >= 15 is 0 Å². The van der Waals surface area contributed by atoms with Gasteiger partial charge in [0.25, 0.3) is 0 Å². The van der Waals surface area contributed by atoms with Gasteiger partial charge in [-0.2, -0.15) is 0 Å². The molecule has 0 saturated carbocycles. The van der Waals surface area contributed by atoms with E-state index in [1.54, 1.807) is 146 Å². The third-order valence-electron chi connectivity index (χ3n) is 17.7. The van der Waals surface area contributed by atoms with Crippen LogP contribution in [0.4, 0.5) is 34.1 Å². The Bertz CT molecular complexity index is 4320. The number of halogens is 2. The van der Waals surface area contributed by atoms with Gasteiger partial charge >= 0.3 is 17.9 Å². The number of esters is 1. The number of amides is 8. The molecular weight excluding hydrogens is 1480 g/mol. The van der Waals surface area contributed by atoms with Crippen LogP contribution in [0.5, 0.6) is 11.5 Å². The number of aldehydes is 1. The number of benzene rings is 6. The average Bonchev–Trinajstić information content (AvgIpc) is 1.67. The quantitative estimate of drug-likeness (QED) is 0.0201. The van der Waals surface area contributed by atoms with Crippen molar-refractivity contribution in [1.29, 1.82) is 0 Å². The Hall–Kier alpha value is -11.5. The lowest BCUT2D eigenvalue weighted by Crippen LogP contribution is -2.53. The summed E-state index contributed by atoms with van der Waals surface area (Å²) in [5.41, 5.74) is 6.35. The summed E-state index contributed by atoms with van der Waals surface area (Å²) in [5, 5.41) is 50.4. The fourth-order valence-corrected chi connectivity index (χ4v) is 12.4. The van der Waals surface area contributed by atoms with Crippen molar-refractivity contribution < 1.29 is 97.0 Å². The van der Waals surface area contributed by atoms with Crippen LogP contribution in [0, 0.1) is 13.8 Å². The summed E-state index contributed by atoms with van der Waals surface area (Å²) in [4.78, 5) is 177. The molecule has 1 unspecified atom stereocenters. The predicted molar refractivity (Wildman–Crippen MR) is 414 cm³/mol. The second-order valence-corrected chi connectivity index (χ2v) is 26.3. The first-order valence-electron chi connectivity index (χ1n) is 35.2. The zero-order valence-electron chi connectivity index (χ0n) is 62.9. The minimum absolute atomic E-state index is 0.0289. The van der Waals surface area contributed by atoms with Crippen molar-refractivity contribution in [2.24, 2.45) is 0 Å². The molecule has 9 N–H and O–H groups in total. The molecular formula is C78H91Cl2N11O20. The summed E-state index contributed by atoms with van der Waals surface area (Å²) in [7, 11) is 4.84. The zero-order valence-corrected chi connectivity index (χ0v) is 64.4. The summed E-state index contributed by atoms with van der Waals surface area (Å²) < 4.78 is 11.0. The van der Waals surface area contributed by atoms with Gasteiger partial charge in [0.1, 0.15) is 55.8 Å². The number of hydrogen-bond acceptors (Lipinski definition) is 21. The number of carboxylic acid groups (broad SMARTS) is 2. The molecule has 10 rings (SSSR count). The number of para-hydroxylation sites is 6. The summed E-state index contributed by atoms with van der Waals surface area (Å²) in [6.07, 6.45) is -0.364. The number of hydrogen-bond donors (Lipinski definition) is 9. The molecule has 31 nitrogen and oxygen atoms in total. The molecule has 0 radical (unpaired) electrons. The number of carbonyl (C=O) groups is 14. The van der Waals surface area contributed by atoms with E-state index < -0.39 is 91.6 Å². The Morgan fingerprint density at radius 1 is 0.532 bits per heavy atom. The minimum atomic E-state index is -1.23. The van der Waals surface area contributed by atoms with Gasteiger partial charge in [-0.05, 0) is 126 Å². The Morgan fingerprint density at radius 3 is 1.26 bits per heavy atom. The van der Waals surface area contributed by atoms with E-state index in [2.05, 4.69) is 26.6 Å². The van der Waals surface area contributed by atoms with Gasteiger partial charge in [-0.3, -0.25) is 77.0 Å². The van der Waals surface area contributed by atoms with Crippen molar-refractivity contribution in [2.45, 2.75) is 124 Å². The summed E-state index contributed by atoms with van der Waals surface area (Å²) in [6, 6.07) is 32.2. The SMILES string of the molecule is CC(=O)c1cc(C)c(O)c(C)c1.CC(=O)c1cc(Cl)c(O)c(Cl)c1.CCC(=O)N1C[C@H](NC)C(=O)N(CC(=O)N[C@H](C=O)CC(=O)O)c2ccccc21.CCC(=O)N1C[C@H](NC)C(=O)N(CC(=O)N[C@H]2CC(=O)OC2OCc2ccccc2)c2ccccc21.CCC(=O)N1C[C@H](NC)C(=O)N(CC(=O)O)c2ccccc21. The number of cyclic esters (lactones) is 1. The Balaban J connectivity index is 0.000000230. The maximum absolute atomic E-state index is 13.4. The number of phenolic OH excluding ortho intramolecular Hbond substituents is 2. The van der Waals surface area contributed by atoms with Crippen LogP contribution < -0.4 is 56.0 Å². The van der Waals surface area contributed by atoms with Crippen LogP contribution in [-0.2, 0) is 73.6 Å². The molecule has 6 atom stereocenters. The van der Waals surface area contributed by atoms with Gasteiger partial charge in [0.05, 0.1) is 89.3 Å². The molecule has 592 valence electrons. The first-order chi connectivity index (χ1) is 52.7. The Morgan fingerprint density at radius 2 is 0.901 bits per heavy atom. The molecule has 6 aromatic carbocycles. The highest BCUT2D eigenvalue weighted by atomic mass is 35.5. The van der Waals surface area contributed by atoms with Crippen LogP contribution in [0.3, 0.4) is 0 Å². The third-order valence-corrected chi connectivity index (χ3v) is 18.3. The number of ether oxygens (including phenoxy) is 2. The number of Topliss-reactive ketones (excluding diaryl/α,β-unsaturated/α-hetero) is 2. The van der Waals surface area contributed by atoms with Crippen LogP contribution in [0.1, 0.15) is 104 Å². The highest BCUT2D eigenvalue weighted by Crippen LogP contribution is 2.37. The maximum atomic E-state index is 13.4. The number of aryl methyl sites for hydroxylation is 2. The van der Waals surface area contributed by atoms with Gasteiger partial charge in [-0.25, -0.2) is 0 Å². The number of carbonyl (C=O) groups excluding carboxylic acids is 12. The number of carboxylic acids is 2. The Labute approximate surface area is 651 Å². The number of likely N-dealkylation sites (N-methyl/N-ethyl adjacent to an activating group) is 3. The van der Waals surface area contributed by atoms with Crippen LogP contribution in [0.25, 0.3) is 0 Å². The van der Waals surface area contributed by atoms with Crippen LogP contribution >= 0.6 is 23.2 Å². The van der Waals surface area contributed by atoms with Crippen molar-refractivity contribution in [3.63, 3.8) is 0 Å². The van der Waals surface area contributed by atoms with Gasteiger partial charge in [0.2, 0.25) is 53.5 Å². The third kappa shape index (κ3) is 23.8. The normalized spacial score (nSPS) is 17.2. The van der Waals surface area contributed by atoms with Gasteiger partial charge in [-0.15, -0.1) is 0 Å². The van der Waals surface area contributed by atoms with Crippen molar-refractivity contribution in [3.8, 4) is 11.5 Å². The largest absolute Gasteiger partial charge is 0.507 e. The number of fused-ring (bicyclic) bond motifs is 3. The molecule has 4 aliphatic heterocycles. The molecule has 0 aliphatic carbocycles. The van der Waals surface area contributed by atoms with Gasteiger partial charge < -0.3 is 76.0 Å². The number of aliphatic carboxylic acids is 2. The zero-order chi connectivity index (χ0) is 82.1. The maximum Gasteiger partial charge on any atom is 0.323 e. The first kappa shape index (κ1) is 88.4. The lowest BCUT2D eigenvalue weighted by atomic mass is 10.0. The number of rotatable bonds is 22. The van der Waals surface area contributed by atoms with Crippen LogP contribution in [-0.4, -0.2) is 200 Å². The van der Waals surface area contributed by atoms with Gasteiger partial charge in [0, 0.05) is 30.4 Å². The molecule has 0 aromatic heterocycles. The van der Waals surface area contributed by atoms with Crippen molar-refractivity contribution in [2.75, 3.05) is 89.8 Å². The summed E-state index contributed by atoms with van der Waals surface area (Å²) in [6.45, 7) is 11.2. The smallest absolute Gasteiger partial charge is 0.323 e. The van der Waals surface area contributed by atoms with E-state index in [1.165, 1.54) is 50.5 Å². The molecule has 0 bridgehead atoms. The van der Waals surface area contributed by atoms with E-state index in [9.17, 15) is 72.2 Å². The van der Waals surface area contributed by atoms with Crippen molar-refractivity contribution in [3.05, 3.63) is 165 Å². The second-order valence-electron chi connectivity index (χ2n) is 25.5. The predicted octanol–water partition coefficient (Wildman–Crippen LogP) is 6.42. The molecule has 0 spiro atoms. The van der Waals surface area contributed by atoms with Crippen molar-refractivity contribution in [1.82, 2.24) is 26.6 Å². The molecule has 33 heteroatoms. The summed E-state index contributed by atoms with van der Waals surface area (Å²) in [5.74, 6) is -5.50. The first-order valence-corrected chi connectivity index (χ1v) is 36.0. The summed E-state index contributed by atoms with van der Waals surface area (Å²) >= 11 is 11.2. The average molecular weight is 1570 g/mol. The highest BCUT2D eigenvalue weighted by molar-refractivity contribution is 6.37. The molecule has 6 aromatic rings. The highest BCUT2D eigenvalue weighted by Gasteiger charge is 2.41. The molecule has 1 fully saturated rings.